The Morgan fingerprint density at radius 3 is 2.80 bits per heavy atom. The van der Waals surface area contributed by atoms with E-state index in [1.165, 1.54) is 12.1 Å². The Morgan fingerprint density at radius 2 is 2.10 bits per heavy atom. The van der Waals surface area contributed by atoms with Crippen molar-refractivity contribution >= 4 is 21.6 Å². The highest BCUT2D eigenvalue weighted by molar-refractivity contribution is 9.10. The van der Waals surface area contributed by atoms with E-state index in [9.17, 15) is 14.5 Å². The van der Waals surface area contributed by atoms with Crippen LogP contribution in [0.25, 0.3) is 0 Å². The summed E-state index contributed by atoms with van der Waals surface area (Å²) in [7, 11) is 0. The largest absolute Gasteiger partial charge is 0.482 e. The summed E-state index contributed by atoms with van der Waals surface area (Å²) in [5, 5.41) is 11.0. The smallest absolute Gasteiger partial charge is 0.311 e. The molecule has 20 heavy (non-hydrogen) atoms. The van der Waals surface area contributed by atoms with Crippen molar-refractivity contribution in [1.82, 2.24) is 0 Å². The van der Waals surface area contributed by atoms with Crippen molar-refractivity contribution in [3.63, 3.8) is 0 Å². The van der Waals surface area contributed by atoms with E-state index in [0.29, 0.717) is 10.0 Å². The monoisotopic (exact) mass is 339 g/mol. The second-order valence-corrected chi connectivity index (χ2v) is 5.02. The van der Waals surface area contributed by atoms with Gasteiger partial charge in [-0.2, -0.15) is 0 Å². The van der Waals surface area contributed by atoms with E-state index in [0.717, 1.165) is 5.56 Å². The molecule has 104 valence electrons. The molecule has 2 aromatic rings. The van der Waals surface area contributed by atoms with Crippen LogP contribution in [0.1, 0.15) is 11.1 Å². The third-order valence-electron chi connectivity index (χ3n) is 2.73. The molecule has 0 aromatic heterocycles. The lowest BCUT2D eigenvalue weighted by molar-refractivity contribution is -0.386. The van der Waals surface area contributed by atoms with Gasteiger partial charge < -0.3 is 4.74 Å². The number of hydrogen-bond donors (Lipinski definition) is 0. The Balaban J connectivity index is 2.23. The predicted molar refractivity (Wildman–Crippen MR) is 76.3 cm³/mol. The van der Waals surface area contributed by atoms with Gasteiger partial charge in [-0.1, -0.05) is 18.2 Å². The van der Waals surface area contributed by atoms with Crippen molar-refractivity contribution in [3.05, 3.63) is 67.9 Å². The average molecular weight is 340 g/mol. The van der Waals surface area contributed by atoms with Crippen LogP contribution in [-0.2, 0) is 6.61 Å². The molecule has 0 spiro atoms. The van der Waals surface area contributed by atoms with Gasteiger partial charge >= 0.3 is 5.69 Å². The minimum absolute atomic E-state index is 0.0439. The lowest BCUT2D eigenvalue weighted by Gasteiger charge is -2.09. The molecule has 0 atom stereocenters. The van der Waals surface area contributed by atoms with Crippen LogP contribution < -0.4 is 4.74 Å². The van der Waals surface area contributed by atoms with Crippen LogP contribution in [0.3, 0.4) is 0 Å². The van der Waals surface area contributed by atoms with E-state index in [4.69, 9.17) is 4.74 Å². The van der Waals surface area contributed by atoms with E-state index in [1.807, 2.05) is 0 Å². The molecule has 0 N–H and O–H groups in total. The molecular weight excluding hydrogens is 329 g/mol. The first-order chi connectivity index (χ1) is 9.49. The van der Waals surface area contributed by atoms with Gasteiger partial charge in [-0.05, 0) is 40.5 Å². The van der Waals surface area contributed by atoms with Crippen molar-refractivity contribution in [3.8, 4) is 5.75 Å². The number of benzene rings is 2. The maximum atomic E-state index is 13.4. The van der Waals surface area contributed by atoms with E-state index >= 15 is 0 Å². The molecule has 0 saturated carbocycles. The number of nitrogens with zero attached hydrogens (tertiary/aromatic N) is 1. The number of nitro groups is 1. The van der Waals surface area contributed by atoms with Crippen LogP contribution in [0.15, 0.2) is 40.9 Å². The Kier molecular flexibility index (Phi) is 4.34. The topological polar surface area (TPSA) is 52.4 Å². The van der Waals surface area contributed by atoms with Crippen molar-refractivity contribution < 1.29 is 14.1 Å². The number of nitro benzene ring substituents is 1. The third-order valence-corrected chi connectivity index (χ3v) is 3.61. The van der Waals surface area contributed by atoms with Gasteiger partial charge in [-0.15, -0.1) is 0 Å². The van der Waals surface area contributed by atoms with Gasteiger partial charge in [0.05, 0.1) is 9.40 Å². The molecule has 0 saturated heterocycles. The summed E-state index contributed by atoms with van der Waals surface area (Å²) in [5.74, 6) is -0.235. The van der Waals surface area contributed by atoms with E-state index < -0.39 is 10.7 Å². The minimum atomic E-state index is -0.497. The Labute approximate surface area is 123 Å². The fourth-order valence-electron chi connectivity index (χ4n) is 1.71. The second-order valence-electron chi connectivity index (χ2n) is 4.23. The zero-order chi connectivity index (χ0) is 14.7. The SMILES string of the molecule is Cc1ccc(OCc2cccc(F)c2Br)c([N+](=O)[O-])c1. The first-order valence-corrected chi connectivity index (χ1v) is 6.59. The summed E-state index contributed by atoms with van der Waals surface area (Å²) in [5.41, 5.74) is 1.26. The van der Waals surface area contributed by atoms with Crippen molar-refractivity contribution in [2.75, 3.05) is 0 Å². The number of ether oxygens (including phenoxy) is 1. The summed E-state index contributed by atoms with van der Waals surface area (Å²) in [4.78, 5) is 10.5. The van der Waals surface area contributed by atoms with Crippen molar-refractivity contribution in [1.29, 1.82) is 0 Å². The maximum Gasteiger partial charge on any atom is 0.311 e. The maximum absolute atomic E-state index is 13.4. The number of hydrogen-bond acceptors (Lipinski definition) is 3. The Morgan fingerprint density at radius 1 is 1.35 bits per heavy atom. The van der Waals surface area contributed by atoms with Crippen LogP contribution in [0.5, 0.6) is 5.75 Å². The van der Waals surface area contributed by atoms with Crippen LogP contribution >= 0.6 is 15.9 Å². The molecule has 0 fully saturated rings. The lowest BCUT2D eigenvalue weighted by atomic mass is 10.2. The number of aryl methyl sites for hydroxylation is 1. The molecule has 0 radical (unpaired) electrons. The first kappa shape index (κ1) is 14.5. The van der Waals surface area contributed by atoms with Crippen molar-refractivity contribution in [2.24, 2.45) is 0 Å². The highest BCUT2D eigenvalue weighted by Crippen LogP contribution is 2.29. The summed E-state index contributed by atoms with van der Waals surface area (Å²) in [6.45, 7) is 1.81. The highest BCUT2D eigenvalue weighted by atomic mass is 79.9. The summed E-state index contributed by atoms with van der Waals surface area (Å²) in [6, 6.07) is 9.27. The molecular formula is C14H11BrFNO3. The average Bonchev–Trinajstić information content (AvgIpc) is 2.41. The van der Waals surface area contributed by atoms with E-state index in [2.05, 4.69) is 15.9 Å². The van der Waals surface area contributed by atoms with Gasteiger partial charge in [0.15, 0.2) is 5.75 Å². The van der Waals surface area contributed by atoms with Crippen LogP contribution in [-0.4, -0.2) is 4.92 Å². The zero-order valence-electron chi connectivity index (χ0n) is 10.6. The summed E-state index contributed by atoms with van der Waals surface area (Å²) < 4.78 is 19.1. The van der Waals surface area contributed by atoms with Gasteiger partial charge in [0.1, 0.15) is 12.4 Å². The van der Waals surface area contributed by atoms with E-state index in [1.54, 1.807) is 31.2 Å². The van der Waals surface area contributed by atoms with Gasteiger partial charge in [0, 0.05) is 11.6 Å². The van der Waals surface area contributed by atoms with E-state index in [-0.39, 0.29) is 18.0 Å². The number of rotatable bonds is 4. The van der Waals surface area contributed by atoms with Crippen LogP contribution in [0.4, 0.5) is 10.1 Å². The molecule has 0 amide bonds. The molecule has 4 nitrogen and oxygen atoms in total. The van der Waals surface area contributed by atoms with Crippen LogP contribution in [0.2, 0.25) is 0 Å². The molecule has 0 bridgehead atoms. The molecule has 0 aliphatic rings. The fraction of sp³-hybridized carbons (Fsp3) is 0.143. The first-order valence-electron chi connectivity index (χ1n) is 5.80. The molecule has 0 aliphatic carbocycles. The Hall–Kier alpha value is -1.95. The summed E-state index contributed by atoms with van der Waals surface area (Å²) in [6.07, 6.45) is 0. The third kappa shape index (κ3) is 3.14. The van der Waals surface area contributed by atoms with Gasteiger partial charge in [0.25, 0.3) is 0 Å². The standard InChI is InChI=1S/C14H11BrFNO3/c1-9-5-6-13(12(7-9)17(18)19)20-8-10-3-2-4-11(16)14(10)15/h2-7H,8H2,1H3. The van der Waals surface area contributed by atoms with Gasteiger partial charge in [-0.3, -0.25) is 10.1 Å². The molecule has 0 aliphatic heterocycles. The second kappa shape index (κ2) is 6.00. The van der Waals surface area contributed by atoms with Gasteiger partial charge in [-0.25, -0.2) is 4.39 Å². The number of halogens is 2. The highest BCUT2D eigenvalue weighted by Gasteiger charge is 2.16. The molecule has 0 heterocycles. The normalized spacial score (nSPS) is 10.3. The van der Waals surface area contributed by atoms with Crippen LogP contribution in [0, 0.1) is 22.9 Å². The molecule has 0 unspecified atom stereocenters. The zero-order valence-corrected chi connectivity index (χ0v) is 12.2. The van der Waals surface area contributed by atoms with Gasteiger partial charge in [0.2, 0.25) is 0 Å². The van der Waals surface area contributed by atoms with Crippen molar-refractivity contribution in [2.45, 2.75) is 13.5 Å². The quantitative estimate of drug-likeness (QED) is 0.613. The lowest BCUT2D eigenvalue weighted by Crippen LogP contribution is -2.01. The Bertz CT molecular complexity index is 661. The predicted octanol–water partition coefficient (Wildman–Crippen LogP) is 4.38. The molecule has 2 aromatic carbocycles. The fourth-order valence-corrected chi connectivity index (χ4v) is 2.09. The minimum Gasteiger partial charge on any atom is -0.482 e. The molecule has 6 heteroatoms. The summed E-state index contributed by atoms with van der Waals surface area (Å²) >= 11 is 3.12. The molecule has 2 rings (SSSR count).